The largest absolute Gasteiger partial charge is 0.495 e. The van der Waals surface area contributed by atoms with Crippen molar-refractivity contribution in [3.63, 3.8) is 0 Å². The van der Waals surface area contributed by atoms with Crippen LogP contribution in [0.5, 0.6) is 17.2 Å². The summed E-state index contributed by atoms with van der Waals surface area (Å²) in [7, 11) is 3.29. The number of hydrogen-bond donors (Lipinski definition) is 0. The third kappa shape index (κ3) is 4.18. The number of halogens is 6. The quantitative estimate of drug-likeness (QED) is 0.422. The molecule has 3 rings (SSSR count). The molecule has 0 fully saturated rings. The van der Waals surface area contributed by atoms with Gasteiger partial charge in [-0.15, -0.1) is 0 Å². The van der Waals surface area contributed by atoms with Gasteiger partial charge in [0.2, 0.25) is 0 Å². The molecular weight excluding hydrogens is 441 g/mol. The van der Waals surface area contributed by atoms with Crippen LogP contribution in [-0.2, 0) is 0 Å². The van der Waals surface area contributed by atoms with Gasteiger partial charge in [0.15, 0.2) is 23.2 Å². The van der Waals surface area contributed by atoms with E-state index in [2.05, 4.69) is 0 Å². The fraction of sp³-hybridized carbons (Fsp3) is 0.143. The van der Waals surface area contributed by atoms with Crippen LogP contribution in [0, 0.1) is 34.9 Å². The molecule has 0 aliphatic carbocycles. The highest BCUT2D eigenvalue weighted by molar-refractivity contribution is 6.96. The lowest BCUT2D eigenvalue weighted by Gasteiger charge is -2.21. The van der Waals surface area contributed by atoms with E-state index < -0.39 is 65.0 Å². The van der Waals surface area contributed by atoms with Gasteiger partial charge in [-0.2, -0.15) is 0 Å². The van der Waals surface area contributed by atoms with Crippen molar-refractivity contribution in [3.8, 4) is 17.2 Å². The van der Waals surface area contributed by atoms with Crippen molar-refractivity contribution in [1.29, 1.82) is 0 Å². The van der Waals surface area contributed by atoms with Crippen LogP contribution in [0.3, 0.4) is 0 Å². The molecule has 0 radical (unpaired) electrons. The first-order valence-electron chi connectivity index (χ1n) is 8.81. The predicted molar refractivity (Wildman–Crippen MR) is 103 cm³/mol. The summed E-state index contributed by atoms with van der Waals surface area (Å²) in [6.07, 6.45) is 0. The lowest BCUT2D eigenvalue weighted by molar-refractivity contribution is 0.385. The normalized spacial score (nSPS) is 10.7. The van der Waals surface area contributed by atoms with Gasteiger partial charge in [-0.05, 0) is 28.7 Å². The molecule has 0 atom stereocenters. The van der Waals surface area contributed by atoms with Crippen molar-refractivity contribution >= 4 is 27.4 Å². The molecule has 0 unspecified atom stereocenters. The molecule has 0 aliphatic rings. The lowest BCUT2D eigenvalue weighted by atomic mass is 10.3. The first kappa shape index (κ1) is 22.8. The first-order valence-corrected chi connectivity index (χ1v) is 10.5. The summed E-state index contributed by atoms with van der Waals surface area (Å²) in [4.78, 5) is 0. The van der Waals surface area contributed by atoms with Crippen LogP contribution in [0.4, 0.5) is 26.3 Å². The van der Waals surface area contributed by atoms with Gasteiger partial charge in [-0.1, -0.05) is 8.85 Å². The van der Waals surface area contributed by atoms with Gasteiger partial charge in [0.25, 0.3) is 0 Å². The molecule has 0 amide bonds. The fourth-order valence-corrected chi connectivity index (χ4v) is 6.88. The summed E-state index contributed by atoms with van der Waals surface area (Å²) < 4.78 is 101. The molecule has 0 saturated heterocycles. The van der Waals surface area contributed by atoms with Gasteiger partial charge in [-0.25, -0.2) is 26.3 Å². The maximum atomic E-state index is 15.2. The Bertz CT molecular complexity index is 1080. The summed E-state index contributed by atoms with van der Waals surface area (Å²) in [6.45, 7) is 0. The first-order chi connectivity index (χ1) is 14.7. The molecule has 0 spiro atoms. The standard InChI is InChI=1S/3C7H5F2O.Al/c3*1-10-7-3-2-5(8)4-6(7)9;/h2*2,4H,1H3;2-3H,1H3;. The summed E-state index contributed by atoms with van der Waals surface area (Å²) in [5.74, 6) is -8.05. The second-order valence-electron chi connectivity index (χ2n) is 6.43. The number of hydrogen-bond acceptors (Lipinski definition) is 3. The van der Waals surface area contributed by atoms with E-state index in [1.54, 1.807) is 0 Å². The van der Waals surface area contributed by atoms with Crippen molar-refractivity contribution in [2.24, 2.45) is 0 Å². The Hall–Kier alpha value is -2.83. The zero-order valence-electron chi connectivity index (χ0n) is 16.5. The molecule has 10 heteroatoms. The molecule has 0 aromatic heterocycles. The molecule has 3 nitrogen and oxygen atoms in total. The van der Waals surface area contributed by atoms with E-state index in [9.17, 15) is 22.0 Å². The van der Waals surface area contributed by atoms with E-state index >= 15 is 4.39 Å². The zero-order valence-corrected chi connectivity index (χ0v) is 17.7. The maximum Gasteiger partial charge on any atom is 0.405 e. The van der Waals surface area contributed by atoms with E-state index in [0.29, 0.717) is 12.1 Å². The Morgan fingerprint density at radius 2 is 1.10 bits per heavy atom. The minimum absolute atomic E-state index is 0.283. The van der Waals surface area contributed by atoms with Gasteiger partial charge >= 0.3 is 14.1 Å². The van der Waals surface area contributed by atoms with Crippen molar-refractivity contribution < 1.29 is 40.6 Å². The molecule has 0 bridgehead atoms. The number of methoxy groups -OCH3 is 3. The maximum absolute atomic E-state index is 15.2. The van der Waals surface area contributed by atoms with E-state index in [1.165, 1.54) is 0 Å². The predicted octanol–water partition coefficient (Wildman–Crippen LogP) is 3.06. The molecule has 31 heavy (non-hydrogen) atoms. The molecule has 0 heterocycles. The van der Waals surface area contributed by atoms with Crippen LogP contribution in [0.1, 0.15) is 0 Å². The highest BCUT2D eigenvalue weighted by Crippen LogP contribution is 2.23. The van der Waals surface area contributed by atoms with E-state index in [4.69, 9.17) is 14.2 Å². The summed E-state index contributed by atoms with van der Waals surface area (Å²) in [5, 5.41) is 0. The second kappa shape index (κ2) is 9.12. The van der Waals surface area contributed by atoms with Crippen molar-refractivity contribution in [1.82, 2.24) is 0 Å². The third-order valence-corrected chi connectivity index (χ3v) is 7.91. The van der Waals surface area contributed by atoms with Crippen LogP contribution in [0.25, 0.3) is 0 Å². The molecule has 0 aliphatic heterocycles. The van der Waals surface area contributed by atoms with Crippen LogP contribution in [0.15, 0.2) is 36.4 Å². The Labute approximate surface area is 178 Å². The topological polar surface area (TPSA) is 27.7 Å². The molecule has 0 saturated carbocycles. The monoisotopic (exact) mass is 456 g/mol. The third-order valence-electron chi connectivity index (χ3n) is 4.70. The van der Waals surface area contributed by atoms with Crippen LogP contribution in [-0.4, -0.2) is 35.5 Å². The van der Waals surface area contributed by atoms with Crippen molar-refractivity contribution in [3.05, 3.63) is 71.3 Å². The minimum atomic E-state index is -3.70. The second-order valence-corrected chi connectivity index (χ2v) is 9.12. The van der Waals surface area contributed by atoms with Gasteiger partial charge in [0.1, 0.15) is 29.0 Å². The summed E-state index contributed by atoms with van der Waals surface area (Å²) in [5.41, 5.74) is 0. The number of benzene rings is 3. The van der Waals surface area contributed by atoms with Crippen LogP contribution in [0.2, 0.25) is 0 Å². The SMILES string of the molecule is COc1ccc(F)[c]([Al]([c]2cc(F)cc(F)c2OC)[c]2cc(F)cc(F)c2OC)c1F. The van der Waals surface area contributed by atoms with Gasteiger partial charge in [-0.3, -0.25) is 0 Å². The Morgan fingerprint density at radius 3 is 1.52 bits per heavy atom. The van der Waals surface area contributed by atoms with Crippen molar-refractivity contribution in [2.45, 2.75) is 0 Å². The summed E-state index contributed by atoms with van der Waals surface area (Å²) >= 11 is -3.70. The zero-order chi connectivity index (χ0) is 22.9. The van der Waals surface area contributed by atoms with E-state index in [1.807, 2.05) is 0 Å². The van der Waals surface area contributed by atoms with E-state index in [0.717, 1.165) is 45.6 Å². The fourth-order valence-electron chi connectivity index (χ4n) is 3.47. The highest BCUT2D eigenvalue weighted by Gasteiger charge is 2.39. The number of rotatable bonds is 6. The van der Waals surface area contributed by atoms with E-state index in [-0.39, 0.29) is 14.6 Å². The smallest absolute Gasteiger partial charge is 0.405 e. The Kier molecular flexibility index (Phi) is 6.72. The molecular formula is C21H15AlF6O3. The molecule has 3 aromatic carbocycles. The molecule has 0 N–H and O–H groups in total. The van der Waals surface area contributed by atoms with Crippen LogP contribution >= 0.6 is 0 Å². The van der Waals surface area contributed by atoms with Gasteiger partial charge in [0, 0.05) is 12.1 Å². The Balaban J connectivity index is 2.51. The average Bonchev–Trinajstić information content (AvgIpc) is 2.70. The van der Waals surface area contributed by atoms with Gasteiger partial charge in [0.05, 0.1) is 21.3 Å². The lowest BCUT2D eigenvalue weighted by Crippen LogP contribution is -2.56. The van der Waals surface area contributed by atoms with Crippen molar-refractivity contribution in [2.75, 3.05) is 21.3 Å². The highest BCUT2D eigenvalue weighted by atomic mass is 27.2. The minimum Gasteiger partial charge on any atom is -0.495 e. The molecule has 3 aromatic rings. The number of ether oxygens (including phenoxy) is 3. The summed E-state index contributed by atoms with van der Waals surface area (Å²) in [6, 6.07) is 4.59. The molecule has 162 valence electrons. The van der Waals surface area contributed by atoms with Crippen LogP contribution < -0.4 is 27.5 Å². The van der Waals surface area contributed by atoms with Gasteiger partial charge < -0.3 is 14.2 Å². The Morgan fingerprint density at radius 1 is 0.613 bits per heavy atom. The average molecular weight is 456 g/mol.